The molecule has 108 valence electrons. The molecule has 21 heavy (non-hydrogen) atoms. The van der Waals surface area contributed by atoms with Gasteiger partial charge in [0.2, 0.25) is 0 Å². The molecular formula is C15H16N4OS. The summed E-state index contributed by atoms with van der Waals surface area (Å²) in [6.07, 6.45) is 0. The van der Waals surface area contributed by atoms with Crippen molar-refractivity contribution in [2.24, 2.45) is 0 Å². The van der Waals surface area contributed by atoms with Crippen LogP contribution in [0.25, 0.3) is 0 Å². The predicted octanol–water partition coefficient (Wildman–Crippen LogP) is 2.64. The van der Waals surface area contributed by atoms with E-state index in [0.29, 0.717) is 22.7 Å². The zero-order chi connectivity index (χ0) is 15.5. The normalized spacial score (nSPS) is 11.0. The van der Waals surface area contributed by atoms with Crippen LogP contribution in [-0.4, -0.2) is 15.5 Å². The highest BCUT2D eigenvalue weighted by Gasteiger charge is 2.26. The van der Waals surface area contributed by atoms with Crippen molar-refractivity contribution in [1.82, 2.24) is 14.9 Å². The van der Waals surface area contributed by atoms with Gasteiger partial charge in [0.05, 0.1) is 17.3 Å². The zero-order valence-electron chi connectivity index (χ0n) is 12.2. The summed E-state index contributed by atoms with van der Waals surface area (Å²) >= 11 is 1.11. The largest absolute Gasteiger partial charge is 0.347 e. The van der Waals surface area contributed by atoms with Gasteiger partial charge in [-0.2, -0.15) is 5.26 Å². The highest BCUT2D eigenvalue weighted by molar-refractivity contribution is 7.08. The molecular weight excluding hydrogens is 284 g/mol. The van der Waals surface area contributed by atoms with E-state index in [9.17, 15) is 4.79 Å². The van der Waals surface area contributed by atoms with Gasteiger partial charge >= 0.3 is 0 Å². The number of benzene rings is 1. The van der Waals surface area contributed by atoms with E-state index in [4.69, 9.17) is 5.26 Å². The van der Waals surface area contributed by atoms with Crippen LogP contribution in [0.4, 0.5) is 0 Å². The number of amides is 1. The van der Waals surface area contributed by atoms with Crippen LogP contribution in [0, 0.1) is 11.3 Å². The summed E-state index contributed by atoms with van der Waals surface area (Å²) in [6, 6.07) is 9.18. The van der Waals surface area contributed by atoms with Crippen molar-refractivity contribution in [3.8, 4) is 6.07 Å². The topological polar surface area (TPSA) is 78.7 Å². The Bertz CT molecular complexity index is 677. The zero-order valence-corrected chi connectivity index (χ0v) is 13.0. The molecule has 0 aliphatic heterocycles. The Hall–Kier alpha value is -2.26. The summed E-state index contributed by atoms with van der Waals surface area (Å²) in [5.41, 5.74) is 2.04. The van der Waals surface area contributed by atoms with E-state index in [1.807, 2.05) is 32.9 Å². The molecule has 0 unspecified atom stereocenters. The summed E-state index contributed by atoms with van der Waals surface area (Å²) in [5, 5.41) is 15.7. The van der Waals surface area contributed by atoms with Crippen molar-refractivity contribution in [3.05, 3.63) is 46.0 Å². The van der Waals surface area contributed by atoms with E-state index in [-0.39, 0.29) is 11.3 Å². The third-order valence-electron chi connectivity index (χ3n) is 2.94. The van der Waals surface area contributed by atoms with Gasteiger partial charge < -0.3 is 5.32 Å². The Labute approximate surface area is 127 Å². The summed E-state index contributed by atoms with van der Waals surface area (Å²) in [7, 11) is 0. The summed E-state index contributed by atoms with van der Waals surface area (Å²) in [5.74, 6) is -0.167. The Kier molecular flexibility index (Phi) is 4.34. The minimum Gasteiger partial charge on any atom is -0.347 e. The van der Waals surface area contributed by atoms with Gasteiger partial charge in [0.15, 0.2) is 0 Å². The Morgan fingerprint density at radius 2 is 2.00 bits per heavy atom. The number of hydrogen-bond acceptors (Lipinski definition) is 5. The maximum absolute atomic E-state index is 12.2. The quantitative estimate of drug-likeness (QED) is 0.945. The molecule has 1 aromatic heterocycles. The second-order valence-corrected chi connectivity index (χ2v) is 6.45. The van der Waals surface area contributed by atoms with E-state index >= 15 is 0 Å². The first kappa shape index (κ1) is 15.1. The molecule has 0 aliphatic rings. The van der Waals surface area contributed by atoms with Gasteiger partial charge in [-0.3, -0.25) is 4.79 Å². The lowest BCUT2D eigenvalue weighted by atomic mass is 9.91. The fourth-order valence-corrected chi connectivity index (χ4v) is 2.58. The van der Waals surface area contributed by atoms with Crippen LogP contribution in [0.3, 0.4) is 0 Å². The number of carbonyl (C=O) groups excluding carboxylic acids is 1. The molecule has 1 N–H and O–H groups in total. The SMILES string of the molecule is CC(C)(C)c1nnsc1C(=O)NCc1ccc(C#N)cc1. The minimum absolute atomic E-state index is 0.167. The first-order valence-corrected chi connectivity index (χ1v) is 7.29. The molecule has 0 bridgehead atoms. The number of rotatable bonds is 3. The average Bonchev–Trinajstić information content (AvgIpc) is 2.95. The average molecular weight is 300 g/mol. The highest BCUT2D eigenvalue weighted by Crippen LogP contribution is 2.25. The van der Waals surface area contributed by atoms with E-state index in [1.54, 1.807) is 12.1 Å². The van der Waals surface area contributed by atoms with Gasteiger partial charge in [0.25, 0.3) is 5.91 Å². The van der Waals surface area contributed by atoms with Crippen molar-refractivity contribution >= 4 is 17.4 Å². The van der Waals surface area contributed by atoms with Crippen LogP contribution in [-0.2, 0) is 12.0 Å². The van der Waals surface area contributed by atoms with Crippen molar-refractivity contribution in [1.29, 1.82) is 5.26 Å². The standard InChI is InChI=1S/C15H16N4OS/c1-15(2,3)13-12(21-19-18-13)14(20)17-9-11-6-4-10(8-16)5-7-11/h4-7H,9H2,1-3H3,(H,17,20). The molecule has 5 nitrogen and oxygen atoms in total. The number of nitrogens with zero attached hydrogens (tertiary/aromatic N) is 3. The van der Waals surface area contributed by atoms with Crippen molar-refractivity contribution in [2.45, 2.75) is 32.7 Å². The van der Waals surface area contributed by atoms with Crippen molar-refractivity contribution in [3.63, 3.8) is 0 Å². The molecule has 1 heterocycles. The van der Waals surface area contributed by atoms with E-state index < -0.39 is 0 Å². The van der Waals surface area contributed by atoms with Gasteiger partial charge in [0.1, 0.15) is 4.88 Å². The Morgan fingerprint density at radius 3 is 2.57 bits per heavy atom. The third kappa shape index (κ3) is 3.64. The van der Waals surface area contributed by atoms with Crippen LogP contribution in [0.2, 0.25) is 0 Å². The lowest BCUT2D eigenvalue weighted by molar-refractivity contribution is 0.0952. The van der Waals surface area contributed by atoms with Crippen LogP contribution in [0.5, 0.6) is 0 Å². The maximum atomic E-state index is 12.2. The first-order chi connectivity index (χ1) is 9.91. The number of nitrogens with one attached hydrogen (secondary N) is 1. The Morgan fingerprint density at radius 1 is 1.33 bits per heavy atom. The molecule has 2 rings (SSSR count). The lowest BCUT2D eigenvalue weighted by Gasteiger charge is -2.16. The van der Waals surface area contributed by atoms with Crippen LogP contribution < -0.4 is 5.32 Å². The molecule has 0 aliphatic carbocycles. The second-order valence-electron chi connectivity index (χ2n) is 5.69. The highest BCUT2D eigenvalue weighted by atomic mass is 32.1. The van der Waals surface area contributed by atoms with Crippen LogP contribution >= 0.6 is 11.5 Å². The van der Waals surface area contributed by atoms with Crippen LogP contribution in [0.1, 0.15) is 47.3 Å². The monoisotopic (exact) mass is 300 g/mol. The molecule has 0 saturated heterocycles. The molecule has 1 amide bonds. The third-order valence-corrected chi connectivity index (χ3v) is 3.67. The molecule has 0 radical (unpaired) electrons. The van der Waals surface area contributed by atoms with Gasteiger partial charge in [-0.1, -0.05) is 37.4 Å². The van der Waals surface area contributed by atoms with E-state index in [2.05, 4.69) is 21.0 Å². The van der Waals surface area contributed by atoms with Crippen molar-refractivity contribution < 1.29 is 4.79 Å². The van der Waals surface area contributed by atoms with Crippen molar-refractivity contribution in [2.75, 3.05) is 0 Å². The van der Waals surface area contributed by atoms with Gasteiger partial charge in [0, 0.05) is 12.0 Å². The van der Waals surface area contributed by atoms with E-state index in [0.717, 1.165) is 17.1 Å². The van der Waals surface area contributed by atoms with Crippen LogP contribution in [0.15, 0.2) is 24.3 Å². The number of carbonyl (C=O) groups is 1. The first-order valence-electron chi connectivity index (χ1n) is 6.52. The summed E-state index contributed by atoms with van der Waals surface area (Å²) in [6.45, 7) is 6.41. The van der Waals surface area contributed by atoms with E-state index in [1.165, 1.54) is 0 Å². The predicted molar refractivity (Wildman–Crippen MR) is 80.9 cm³/mol. The molecule has 1 aromatic carbocycles. The van der Waals surface area contributed by atoms with Gasteiger partial charge in [-0.05, 0) is 29.2 Å². The maximum Gasteiger partial charge on any atom is 0.265 e. The van der Waals surface area contributed by atoms with Gasteiger partial charge in [-0.25, -0.2) is 0 Å². The smallest absolute Gasteiger partial charge is 0.265 e. The second kappa shape index (κ2) is 6.02. The molecule has 0 fully saturated rings. The molecule has 2 aromatic rings. The number of hydrogen-bond donors (Lipinski definition) is 1. The molecule has 6 heteroatoms. The lowest BCUT2D eigenvalue weighted by Crippen LogP contribution is -2.25. The van der Waals surface area contributed by atoms with Gasteiger partial charge in [-0.15, -0.1) is 5.10 Å². The molecule has 0 atom stereocenters. The number of nitriles is 1. The fraction of sp³-hybridized carbons (Fsp3) is 0.333. The molecule has 0 spiro atoms. The summed E-state index contributed by atoms with van der Waals surface area (Å²) in [4.78, 5) is 12.8. The Balaban J connectivity index is 2.05. The molecule has 0 saturated carbocycles. The fourth-order valence-electron chi connectivity index (χ4n) is 1.79. The minimum atomic E-state index is -0.214. The summed E-state index contributed by atoms with van der Waals surface area (Å²) < 4.78 is 3.88. The number of aromatic nitrogens is 2.